The smallest absolute Gasteiger partial charge is 0.145 e. The first-order valence-electron chi connectivity index (χ1n) is 5.57. The van der Waals surface area contributed by atoms with Crippen LogP contribution >= 0.6 is 0 Å². The summed E-state index contributed by atoms with van der Waals surface area (Å²) in [4.78, 5) is 4.30. The molecule has 17 heavy (non-hydrogen) atoms. The van der Waals surface area contributed by atoms with Crippen LogP contribution in [-0.2, 0) is 0 Å². The van der Waals surface area contributed by atoms with Crippen molar-refractivity contribution < 1.29 is 4.74 Å². The van der Waals surface area contributed by atoms with E-state index in [1.54, 1.807) is 6.20 Å². The van der Waals surface area contributed by atoms with Crippen LogP contribution in [0.2, 0.25) is 0 Å². The maximum absolute atomic E-state index is 7.12. The Balaban J connectivity index is 2.05. The molecule has 3 N–H and O–H groups in total. The van der Waals surface area contributed by atoms with E-state index in [-0.39, 0.29) is 5.84 Å². The summed E-state index contributed by atoms with van der Waals surface area (Å²) in [7, 11) is 0. The van der Waals surface area contributed by atoms with Crippen molar-refractivity contribution >= 4 is 16.7 Å². The second kappa shape index (κ2) is 5.30. The molecule has 2 aromatic rings. The molecule has 0 unspecified atom stereocenters. The van der Waals surface area contributed by atoms with Gasteiger partial charge in [-0.25, -0.2) is 0 Å². The molecule has 0 fully saturated rings. The van der Waals surface area contributed by atoms with Gasteiger partial charge < -0.3 is 10.5 Å². The molecule has 0 aliphatic carbocycles. The van der Waals surface area contributed by atoms with E-state index in [9.17, 15) is 0 Å². The second-order valence-electron chi connectivity index (χ2n) is 3.81. The van der Waals surface area contributed by atoms with Crippen molar-refractivity contribution in [1.29, 1.82) is 5.41 Å². The zero-order chi connectivity index (χ0) is 12.1. The third-order valence-corrected chi connectivity index (χ3v) is 2.44. The number of nitrogens with zero attached hydrogens (tertiary/aromatic N) is 1. The van der Waals surface area contributed by atoms with E-state index in [2.05, 4.69) is 4.98 Å². The number of nitrogens with one attached hydrogen (secondary N) is 1. The van der Waals surface area contributed by atoms with E-state index in [0.717, 1.165) is 23.1 Å². The number of benzene rings is 1. The van der Waals surface area contributed by atoms with Gasteiger partial charge in [0, 0.05) is 18.0 Å². The number of hydrogen-bond acceptors (Lipinski definition) is 3. The van der Waals surface area contributed by atoms with E-state index in [0.29, 0.717) is 13.0 Å². The average molecular weight is 229 g/mol. The van der Waals surface area contributed by atoms with Crippen molar-refractivity contribution in [3.8, 4) is 5.75 Å². The van der Waals surface area contributed by atoms with Crippen LogP contribution in [0.4, 0.5) is 0 Å². The van der Waals surface area contributed by atoms with Crippen LogP contribution in [0.1, 0.15) is 12.8 Å². The highest BCUT2D eigenvalue weighted by Gasteiger charge is 2.02. The highest BCUT2D eigenvalue weighted by Crippen LogP contribution is 2.22. The second-order valence-corrected chi connectivity index (χ2v) is 3.81. The van der Waals surface area contributed by atoms with Gasteiger partial charge in [-0.2, -0.15) is 0 Å². The van der Waals surface area contributed by atoms with Gasteiger partial charge in [-0.1, -0.05) is 18.2 Å². The fraction of sp³-hybridized carbons (Fsp3) is 0.231. The molecule has 0 saturated heterocycles. The molecule has 1 aromatic carbocycles. The lowest BCUT2D eigenvalue weighted by Crippen LogP contribution is -2.11. The standard InChI is InChI=1S/C13H15N3O/c14-12(15)7-3-9-17-11-6-1-4-10-5-2-8-16-13(10)11/h1-2,4-6,8H,3,7,9H2,(H3,14,15). The molecule has 0 aliphatic rings. The van der Waals surface area contributed by atoms with Crippen molar-refractivity contribution in [2.24, 2.45) is 5.73 Å². The van der Waals surface area contributed by atoms with E-state index in [1.807, 2.05) is 30.3 Å². The summed E-state index contributed by atoms with van der Waals surface area (Å²) in [6.45, 7) is 0.551. The molecular weight excluding hydrogens is 214 g/mol. The molecule has 2 rings (SSSR count). The van der Waals surface area contributed by atoms with Gasteiger partial charge in [-0.15, -0.1) is 0 Å². The van der Waals surface area contributed by atoms with Crippen LogP contribution < -0.4 is 10.5 Å². The Morgan fingerprint density at radius 1 is 1.29 bits per heavy atom. The third kappa shape index (κ3) is 2.93. The number of aromatic nitrogens is 1. The average Bonchev–Trinajstić information content (AvgIpc) is 2.34. The molecule has 0 radical (unpaired) electrons. The van der Waals surface area contributed by atoms with Crippen LogP contribution in [0.15, 0.2) is 36.5 Å². The van der Waals surface area contributed by atoms with Crippen LogP contribution in [0.3, 0.4) is 0 Å². The fourth-order valence-electron chi connectivity index (χ4n) is 1.64. The third-order valence-electron chi connectivity index (χ3n) is 2.44. The molecule has 1 heterocycles. The summed E-state index contributed by atoms with van der Waals surface area (Å²) in [5, 5.41) is 8.18. The fourth-order valence-corrected chi connectivity index (χ4v) is 1.64. The van der Waals surface area contributed by atoms with Gasteiger partial charge in [0.1, 0.15) is 11.3 Å². The summed E-state index contributed by atoms with van der Waals surface area (Å²) in [5.41, 5.74) is 6.15. The first-order chi connectivity index (χ1) is 8.27. The number of fused-ring (bicyclic) bond motifs is 1. The molecule has 0 spiro atoms. The normalized spacial score (nSPS) is 10.4. The molecule has 0 aliphatic heterocycles. The quantitative estimate of drug-likeness (QED) is 0.469. The van der Waals surface area contributed by atoms with E-state index in [4.69, 9.17) is 15.9 Å². The number of nitrogens with two attached hydrogens (primary N) is 1. The lowest BCUT2D eigenvalue weighted by molar-refractivity contribution is 0.316. The molecular formula is C13H15N3O. The predicted octanol–water partition coefficient (Wildman–Crippen LogP) is 2.33. The summed E-state index contributed by atoms with van der Waals surface area (Å²) >= 11 is 0. The molecule has 0 bridgehead atoms. The van der Waals surface area contributed by atoms with Gasteiger partial charge in [0.25, 0.3) is 0 Å². The largest absolute Gasteiger partial charge is 0.491 e. The molecule has 4 nitrogen and oxygen atoms in total. The van der Waals surface area contributed by atoms with Crippen molar-refractivity contribution in [1.82, 2.24) is 4.98 Å². The molecule has 4 heteroatoms. The summed E-state index contributed by atoms with van der Waals surface area (Å²) < 4.78 is 5.65. The summed E-state index contributed by atoms with van der Waals surface area (Å²) in [6.07, 6.45) is 3.07. The zero-order valence-corrected chi connectivity index (χ0v) is 9.52. The number of rotatable bonds is 5. The summed E-state index contributed by atoms with van der Waals surface area (Å²) in [5.74, 6) is 0.983. The van der Waals surface area contributed by atoms with Gasteiger partial charge in [0.05, 0.1) is 12.4 Å². The molecule has 0 amide bonds. The van der Waals surface area contributed by atoms with Crippen LogP contribution in [0.25, 0.3) is 10.9 Å². The van der Waals surface area contributed by atoms with E-state index >= 15 is 0 Å². The van der Waals surface area contributed by atoms with Gasteiger partial charge >= 0.3 is 0 Å². The maximum Gasteiger partial charge on any atom is 0.145 e. The Hall–Kier alpha value is -2.10. The van der Waals surface area contributed by atoms with Crippen LogP contribution in [0.5, 0.6) is 5.75 Å². The van der Waals surface area contributed by atoms with Crippen molar-refractivity contribution in [2.45, 2.75) is 12.8 Å². The zero-order valence-electron chi connectivity index (χ0n) is 9.52. The van der Waals surface area contributed by atoms with Crippen molar-refractivity contribution in [3.05, 3.63) is 36.5 Å². The lowest BCUT2D eigenvalue weighted by Gasteiger charge is -2.08. The van der Waals surface area contributed by atoms with Gasteiger partial charge in [-0.3, -0.25) is 10.4 Å². The van der Waals surface area contributed by atoms with E-state index in [1.165, 1.54) is 0 Å². The Kier molecular flexibility index (Phi) is 3.55. The maximum atomic E-state index is 7.12. The molecule has 0 saturated carbocycles. The number of para-hydroxylation sites is 1. The Labute approximate surface area is 99.9 Å². The number of amidine groups is 1. The number of pyridine rings is 1. The Morgan fingerprint density at radius 2 is 2.12 bits per heavy atom. The van der Waals surface area contributed by atoms with E-state index < -0.39 is 0 Å². The molecule has 88 valence electrons. The van der Waals surface area contributed by atoms with Gasteiger partial charge in [0.15, 0.2) is 0 Å². The Morgan fingerprint density at radius 3 is 2.94 bits per heavy atom. The number of ether oxygens (including phenoxy) is 1. The van der Waals surface area contributed by atoms with Crippen molar-refractivity contribution in [3.63, 3.8) is 0 Å². The minimum atomic E-state index is 0.199. The highest BCUT2D eigenvalue weighted by atomic mass is 16.5. The molecule has 1 aromatic heterocycles. The predicted molar refractivity (Wildman–Crippen MR) is 68.4 cm³/mol. The first kappa shape index (κ1) is 11.4. The summed E-state index contributed by atoms with van der Waals surface area (Å²) in [6, 6.07) is 9.77. The van der Waals surface area contributed by atoms with Crippen LogP contribution in [-0.4, -0.2) is 17.4 Å². The SMILES string of the molecule is N=C(N)CCCOc1cccc2cccnc12. The number of hydrogen-bond donors (Lipinski definition) is 2. The van der Waals surface area contributed by atoms with Crippen molar-refractivity contribution in [2.75, 3.05) is 6.61 Å². The minimum Gasteiger partial charge on any atom is -0.491 e. The monoisotopic (exact) mass is 229 g/mol. The van der Waals surface area contributed by atoms with Gasteiger partial charge in [-0.05, 0) is 18.6 Å². The highest BCUT2D eigenvalue weighted by molar-refractivity contribution is 5.84. The Bertz CT molecular complexity index is 520. The first-order valence-corrected chi connectivity index (χ1v) is 5.57. The topological polar surface area (TPSA) is 72.0 Å². The van der Waals surface area contributed by atoms with Crippen LogP contribution in [0, 0.1) is 5.41 Å². The minimum absolute atomic E-state index is 0.199. The molecule has 0 atom stereocenters. The van der Waals surface area contributed by atoms with Gasteiger partial charge in [0.2, 0.25) is 0 Å². The lowest BCUT2D eigenvalue weighted by atomic mass is 10.2.